The Morgan fingerprint density at radius 1 is 1.16 bits per heavy atom. The number of nitrogens with one attached hydrogen (secondary N) is 2. The van der Waals surface area contributed by atoms with Gasteiger partial charge in [0.15, 0.2) is 0 Å². The molecule has 2 heterocycles. The highest BCUT2D eigenvalue weighted by Gasteiger charge is 2.36. The van der Waals surface area contributed by atoms with Gasteiger partial charge in [0.05, 0.1) is 32.1 Å². The summed E-state index contributed by atoms with van der Waals surface area (Å²) < 4.78 is 18.1. The minimum Gasteiger partial charge on any atom is -0.497 e. The third-order valence-corrected chi connectivity index (χ3v) is 5.13. The first kappa shape index (κ1) is 21.2. The first-order valence-electron chi connectivity index (χ1n) is 10.1. The predicted octanol–water partition coefficient (Wildman–Crippen LogP) is 3.02. The number of fused-ring (bicyclic) bond motifs is 1. The Bertz CT molecular complexity index is 1170. The number of hydrogen-bond acceptors (Lipinski definition) is 8. The highest BCUT2D eigenvalue weighted by molar-refractivity contribution is 6.06. The van der Waals surface area contributed by atoms with E-state index in [-0.39, 0.29) is 5.91 Å². The lowest BCUT2D eigenvalue weighted by Gasteiger charge is -2.29. The van der Waals surface area contributed by atoms with Crippen molar-refractivity contribution in [2.45, 2.75) is 19.9 Å². The molecule has 0 bridgehead atoms. The fourth-order valence-electron chi connectivity index (χ4n) is 3.68. The second-order valence-corrected chi connectivity index (χ2v) is 7.00. The molecular formula is C22H24N6O4. The van der Waals surface area contributed by atoms with Gasteiger partial charge in [0.1, 0.15) is 23.3 Å². The fourth-order valence-corrected chi connectivity index (χ4v) is 3.68. The molecule has 2 N–H and O–H groups in total. The van der Waals surface area contributed by atoms with Crippen LogP contribution in [0.1, 0.15) is 25.5 Å². The molecule has 0 fully saturated rings. The molecule has 166 valence electrons. The van der Waals surface area contributed by atoms with Crippen LogP contribution in [0.25, 0.3) is 0 Å². The van der Waals surface area contributed by atoms with Gasteiger partial charge in [-0.3, -0.25) is 4.79 Å². The van der Waals surface area contributed by atoms with Gasteiger partial charge in [0, 0.05) is 17.3 Å². The molecule has 4 rings (SSSR count). The molecule has 3 aromatic rings. The summed E-state index contributed by atoms with van der Waals surface area (Å²) in [6.07, 6.45) is 0. The first-order valence-corrected chi connectivity index (χ1v) is 10.1. The van der Waals surface area contributed by atoms with Gasteiger partial charge in [-0.15, -0.1) is 0 Å². The summed E-state index contributed by atoms with van der Waals surface area (Å²) in [4.78, 5) is 13.6. The van der Waals surface area contributed by atoms with E-state index in [1.165, 1.54) is 0 Å². The molecule has 0 saturated heterocycles. The lowest BCUT2D eigenvalue weighted by atomic mass is 9.94. The number of benzene rings is 2. The predicted molar refractivity (Wildman–Crippen MR) is 118 cm³/mol. The molecule has 0 saturated carbocycles. The molecule has 0 spiro atoms. The van der Waals surface area contributed by atoms with E-state index < -0.39 is 6.04 Å². The third-order valence-electron chi connectivity index (χ3n) is 5.13. The van der Waals surface area contributed by atoms with Crippen LogP contribution in [-0.2, 0) is 4.79 Å². The van der Waals surface area contributed by atoms with E-state index in [1.54, 1.807) is 37.1 Å². The van der Waals surface area contributed by atoms with Crippen molar-refractivity contribution in [2.75, 3.05) is 31.5 Å². The van der Waals surface area contributed by atoms with Crippen LogP contribution in [0.2, 0.25) is 0 Å². The van der Waals surface area contributed by atoms with Gasteiger partial charge in [0.2, 0.25) is 5.95 Å². The minimum absolute atomic E-state index is 0.314. The number of carbonyl (C=O) groups excluding carboxylic acids is 1. The van der Waals surface area contributed by atoms with Gasteiger partial charge in [-0.25, -0.2) is 0 Å². The Kier molecular flexibility index (Phi) is 5.93. The number of anilines is 2. The van der Waals surface area contributed by atoms with Gasteiger partial charge in [0.25, 0.3) is 5.91 Å². The zero-order valence-electron chi connectivity index (χ0n) is 18.2. The number of hydrogen-bond donors (Lipinski definition) is 2. The molecule has 1 atom stereocenters. The maximum Gasteiger partial charge on any atom is 0.255 e. The number of ether oxygens (including phenoxy) is 3. The van der Waals surface area contributed by atoms with Gasteiger partial charge in [-0.1, -0.05) is 17.2 Å². The minimum atomic E-state index is -0.624. The number of carbonyl (C=O) groups is 1. The second-order valence-electron chi connectivity index (χ2n) is 7.00. The third kappa shape index (κ3) is 3.82. The largest absolute Gasteiger partial charge is 0.497 e. The summed E-state index contributed by atoms with van der Waals surface area (Å²) >= 11 is 0. The highest BCUT2D eigenvalue weighted by atomic mass is 16.5. The van der Waals surface area contributed by atoms with Crippen LogP contribution in [0.3, 0.4) is 0 Å². The van der Waals surface area contributed by atoms with Crippen LogP contribution >= 0.6 is 0 Å². The first-order chi connectivity index (χ1) is 15.6. The van der Waals surface area contributed by atoms with Crippen LogP contribution < -0.4 is 24.8 Å². The fraction of sp³-hybridized carbons (Fsp3) is 0.273. The molecule has 1 aliphatic heterocycles. The zero-order chi connectivity index (χ0) is 22.7. The van der Waals surface area contributed by atoms with Crippen molar-refractivity contribution in [1.29, 1.82) is 0 Å². The van der Waals surface area contributed by atoms with Gasteiger partial charge >= 0.3 is 0 Å². The van der Waals surface area contributed by atoms with Crippen LogP contribution in [0.4, 0.5) is 11.6 Å². The Morgan fingerprint density at radius 3 is 2.72 bits per heavy atom. The quantitative estimate of drug-likeness (QED) is 0.581. The number of amides is 1. The van der Waals surface area contributed by atoms with Crippen LogP contribution in [0.15, 0.2) is 53.7 Å². The van der Waals surface area contributed by atoms with E-state index in [9.17, 15) is 4.79 Å². The maximum atomic E-state index is 13.6. The number of para-hydroxylation sites is 2. The summed E-state index contributed by atoms with van der Waals surface area (Å²) in [7, 11) is 3.14. The van der Waals surface area contributed by atoms with E-state index in [1.807, 2.05) is 38.1 Å². The molecule has 1 aliphatic rings. The molecule has 1 aromatic heterocycles. The second kappa shape index (κ2) is 8.96. The Morgan fingerprint density at radius 2 is 1.97 bits per heavy atom. The monoisotopic (exact) mass is 436 g/mol. The number of rotatable bonds is 7. The zero-order valence-corrected chi connectivity index (χ0v) is 18.2. The lowest BCUT2D eigenvalue weighted by Crippen LogP contribution is -2.31. The molecular weight excluding hydrogens is 412 g/mol. The van der Waals surface area contributed by atoms with Crippen LogP contribution in [0.5, 0.6) is 17.2 Å². The summed E-state index contributed by atoms with van der Waals surface area (Å²) in [5.41, 5.74) is 2.36. The van der Waals surface area contributed by atoms with E-state index >= 15 is 0 Å². The summed E-state index contributed by atoms with van der Waals surface area (Å²) in [6, 6.07) is 12.1. The summed E-state index contributed by atoms with van der Waals surface area (Å²) in [6.45, 7) is 4.18. The van der Waals surface area contributed by atoms with E-state index in [0.29, 0.717) is 52.3 Å². The average Bonchev–Trinajstić information content (AvgIpc) is 3.27. The van der Waals surface area contributed by atoms with Crippen molar-refractivity contribution in [3.05, 3.63) is 59.3 Å². The average molecular weight is 436 g/mol. The molecule has 10 nitrogen and oxygen atoms in total. The molecule has 1 unspecified atom stereocenters. The van der Waals surface area contributed by atoms with Gasteiger partial charge in [-0.2, -0.15) is 4.68 Å². The molecule has 0 aliphatic carbocycles. The van der Waals surface area contributed by atoms with E-state index in [2.05, 4.69) is 26.2 Å². The van der Waals surface area contributed by atoms with Crippen LogP contribution in [-0.4, -0.2) is 46.9 Å². The molecule has 2 aromatic carbocycles. The summed E-state index contributed by atoms with van der Waals surface area (Å²) in [5.74, 6) is 1.88. The Balaban J connectivity index is 1.79. The maximum absolute atomic E-state index is 13.6. The highest BCUT2D eigenvalue weighted by Crippen LogP contribution is 2.40. The van der Waals surface area contributed by atoms with Crippen molar-refractivity contribution in [3.8, 4) is 17.2 Å². The SMILES string of the molecule is CCOc1ccccc1NC(=O)C1=C(C)Nc2nnnn2C1c1ccc(OC)cc1OC. The molecule has 10 heteroatoms. The summed E-state index contributed by atoms with van der Waals surface area (Å²) in [5, 5.41) is 18.0. The van der Waals surface area contributed by atoms with Crippen molar-refractivity contribution in [2.24, 2.45) is 0 Å². The van der Waals surface area contributed by atoms with Crippen molar-refractivity contribution in [3.63, 3.8) is 0 Å². The molecule has 1 amide bonds. The number of nitrogens with zero attached hydrogens (tertiary/aromatic N) is 4. The number of tetrazole rings is 1. The molecule has 0 radical (unpaired) electrons. The standard InChI is InChI=1S/C22H24N6O4/c1-5-32-17-9-7-6-8-16(17)24-21(29)19-13(2)23-22-25-26-27-28(22)20(19)15-11-10-14(30-3)12-18(15)31-4/h6-12,20H,5H2,1-4H3,(H,24,29)(H,23,25,27). The van der Waals surface area contributed by atoms with Crippen molar-refractivity contribution >= 4 is 17.5 Å². The number of allylic oxidation sites excluding steroid dienone is 1. The number of methoxy groups -OCH3 is 2. The van der Waals surface area contributed by atoms with E-state index in [0.717, 1.165) is 0 Å². The van der Waals surface area contributed by atoms with Crippen molar-refractivity contribution in [1.82, 2.24) is 20.2 Å². The topological polar surface area (TPSA) is 112 Å². The lowest BCUT2D eigenvalue weighted by molar-refractivity contribution is -0.113. The molecule has 32 heavy (non-hydrogen) atoms. The Labute approximate surface area is 185 Å². The Hall–Kier alpha value is -4.08. The smallest absolute Gasteiger partial charge is 0.255 e. The van der Waals surface area contributed by atoms with Crippen molar-refractivity contribution < 1.29 is 19.0 Å². The van der Waals surface area contributed by atoms with Gasteiger partial charge in [-0.05, 0) is 48.5 Å². The normalized spacial score (nSPS) is 14.9. The van der Waals surface area contributed by atoms with E-state index in [4.69, 9.17) is 14.2 Å². The van der Waals surface area contributed by atoms with Gasteiger partial charge < -0.3 is 24.8 Å². The van der Waals surface area contributed by atoms with Crippen LogP contribution in [0, 0.1) is 0 Å². The number of aromatic nitrogens is 4.